The lowest BCUT2D eigenvalue weighted by molar-refractivity contribution is -0.120. The van der Waals surface area contributed by atoms with Crippen molar-refractivity contribution in [2.24, 2.45) is 17.4 Å². The zero-order valence-electron chi connectivity index (χ0n) is 10.8. The molecule has 0 heterocycles. The summed E-state index contributed by atoms with van der Waals surface area (Å²) in [6.07, 6.45) is 3.49. The molecule has 5 heteroatoms. The predicted octanol–water partition coefficient (Wildman–Crippen LogP) is 1.24. The van der Waals surface area contributed by atoms with E-state index in [0.29, 0.717) is 17.7 Å². The summed E-state index contributed by atoms with van der Waals surface area (Å²) in [4.78, 5) is 23.5. The third kappa shape index (κ3) is 3.32. The number of para-hydroxylation sites is 1. The van der Waals surface area contributed by atoms with Gasteiger partial charge in [-0.2, -0.15) is 0 Å². The Bertz CT molecular complexity index is 487. The van der Waals surface area contributed by atoms with Gasteiger partial charge in [-0.15, -0.1) is 0 Å². The maximum absolute atomic E-state index is 12.2. The minimum atomic E-state index is -0.545. The van der Waals surface area contributed by atoms with Crippen LogP contribution in [0.1, 0.15) is 36.0 Å². The molecule has 1 fully saturated rings. The summed E-state index contributed by atoms with van der Waals surface area (Å²) < 4.78 is 0. The van der Waals surface area contributed by atoms with E-state index in [2.05, 4.69) is 5.32 Å². The first-order valence-electron chi connectivity index (χ1n) is 6.53. The van der Waals surface area contributed by atoms with Crippen molar-refractivity contribution in [3.63, 3.8) is 0 Å². The molecule has 0 spiro atoms. The van der Waals surface area contributed by atoms with E-state index < -0.39 is 5.91 Å². The van der Waals surface area contributed by atoms with Crippen molar-refractivity contribution >= 4 is 17.5 Å². The Morgan fingerprint density at radius 3 is 2.63 bits per heavy atom. The molecular formula is C14H19N3O2. The van der Waals surface area contributed by atoms with E-state index in [1.807, 2.05) is 0 Å². The van der Waals surface area contributed by atoms with Crippen molar-refractivity contribution in [1.82, 2.24) is 0 Å². The minimum absolute atomic E-state index is 0.0790. The average Bonchev–Trinajstić information content (AvgIpc) is 2.39. The Morgan fingerprint density at radius 2 is 1.95 bits per heavy atom. The largest absolute Gasteiger partial charge is 0.366 e. The normalized spacial score (nSPS) is 22.8. The first-order valence-corrected chi connectivity index (χ1v) is 6.53. The van der Waals surface area contributed by atoms with Gasteiger partial charge in [0.15, 0.2) is 0 Å². The fourth-order valence-electron chi connectivity index (χ4n) is 2.51. The first kappa shape index (κ1) is 13.5. The molecular weight excluding hydrogens is 242 g/mol. The van der Waals surface area contributed by atoms with E-state index in [1.165, 1.54) is 0 Å². The molecule has 2 amide bonds. The molecule has 1 aliphatic carbocycles. The highest BCUT2D eigenvalue weighted by Gasteiger charge is 2.25. The average molecular weight is 261 g/mol. The number of carbonyl (C=O) groups excluding carboxylic acids is 2. The number of anilines is 1. The zero-order chi connectivity index (χ0) is 13.8. The van der Waals surface area contributed by atoms with Crippen LogP contribution in [0.3, 0.4) is 0 Å². The number of hydrogen-bond acceptors (Lipinski definition) is 3. The van der Waals surface area contributed by atoms with E-state index >= 15 is 0 Å². The van der Waals surface area contributed by atoms with Crippen LogP contribution in [0, 0.1) is 5.92 Å². The molecule has 2 rings (SSSR count). The molecule has 2 atom stereocenters. The fraction of sp³-hybridized carbons (Fsp3) is 0.429. The molecule has 102 valence electrons. The topological polar surface area (TPSA) is 98.2 Å². The Balaban J connectivity index is 2.08. The zero-order valence-corrected chi connectivity index (χ0v) is 10.8. The quantitative estimate of drug-likeness (QED) is 0.763. The second-order valence-corrected chi connectivity index (χ2v) is 5.02. The number of nitrogens with two attached hydrogens (primary N) is 2. The van der Waals surface area contributed by atoms with E-state index in [1.54, 1.807) is 24.3 Å². The van der Waals surface area contributed by atoms with Gasteiger partial charge < -0.3 is 16.8 Å². The SMILES string of the molecule is NC(=O)c1ccccc1NC(=O)C1CCCC(N)C1. The van der Waals surface area contributed by atoms with Crippen LogP contribution >= 0.6 is 0 Å². The summed E-state index contributed by atoms with van der Waals surface area (Å²) in [5.41, 5.74) is 12.0. The van der Waals surface area contributed by atoms with Gasteiger partial charge >= 0.3 is 0 Å². The maximum atomic E-state index is 12.2. The number of rotatable bonds is 3. The van der Waals surface area contributed by atoms with Crippen LogP contribution in [0.25, 0.3) is 0 Å². The standard InChI is InChI=1S/C14H19N3O2/c15-10-5-3-4-9(8-10)14(19)17-12-7-2-1-6-11(12)13(16)18/h1-2,6-7,9-10H,3-5,8,15H2,(H2,16,18)(H,17,19). The summed E-state index contributed by atoms with van der Waals surface area (Å²) in [5.74, 6) is -0.704. The Hall–Kier alpha value is -1.88. The van der Waals surface area contributed by atoms with E-state index in [9.17, 15) is 9.59 Å². The van der Waals surface area contributed by atoms with Gasteiger partial charge in [0.2, 0.25) is 5.91 Å². The highest BCUT2D eigenvalue weighted by Crippen LogP contribution is 2.25. The molecule has 1 aliphatic rings. The van der Waals surface area contributed by atoms with E-state index in [4.69, 9.17) is 11.5 Å². The van der Waals surface area contributed by atoms with Crippen LogP contribution in [-0.2, 0) is 4.79 Å². The monoisotopic (exact) mass is 261 g/mol. The Kier molecular flexibility index (Phi) is 4.16. The van der Waals surface area contributed by atoms with Crippen molar-refractivity contribution in [3.05, 3.63) is 29.8 Å². The molecule has 1 aromatic carbocycles. The highest BCUT2D eigenvalue weighted by molar-refractivity contribution is 6.03. The highest BCUT2D eigenvalue weighted by atomic mass is 16.2. The fourth-order valence-corrected chi connectivity index (χ4v) is 2.51. The second-order valence-electron chi connectivity index (χ2n) is 5.02. The van der Waals surface area contributed by atoms with Gasteiger partial charge in [-0.05, 0) is 31.4 Å². The lowest BCUT2D eigenvalue weighted by Crippen LogP contribution is -2.34. The number of benzene rings is 1. The predicted molar refractivity (Wildman–Crippen MR) is 73.5 cm³/mol. The van der Waals surface area contributed by atoms with Gasteiger partial charge in [0, 0.05) is 12.0 Å². The summed E-state index contributed by atoms with van der Waals surface area (Å²) in [6.45, 7) is 0. The molecule has 0 bridgehead atoms. The number of hydrogen-bond donors (Lipinski definition) is 3. The van der Waals surface area contributed by atoms with Crippen LogP contribution in [0.15, 0.2) is 24.3 Å². The summed E-state index contributed by atoms with van der Waals surface area (Å²) in [7, 11) is 0. The van der Waals surface area contributed by atoms with Crippen LogP contribution in [0.2, 0.25) is 0 Å². The van der Waals surface area contributed by atoms with Crippen molar-refractivity contribution < 1.29 is 9.59 Å². The lowest BCUT2D eigenvalue weighted by atomic mass is 9.85. The van der Waals surface area contributed by atoms with E-state index in [-0.39, 0.29) is 17.9 Å². The van der Waals surface area contributed by atoms with Crippen molar-refractivity contribution in [3.8, 4) is 0 Å². The summed E-state index contributed by atoms with van der Waals surface area (Å²) >= 11 is 0. The van der Waals surface area contributed by atoms with Gasteiger partial charge in [0.05, 0.1) is 11.3 Å². The molecule has 0 aromatic heterocycles. The number of carbonyl (C=O) groups is 2. The third-order valence-electron chi connectivity index (χ3n) is 3.54. The number of nitrogens with one attached hydrogen (secondary N) is 1. The molecule has 0 aliphatic heterocycles. The molecule has 0 radical (unpaired) electrons. The molecule has 19 heavy (non-hydrogen) atoms. The molecule has 0 saturated heterocycles. The van der Waals surface area contributed by atoms with Gasteiger partial charge in [0.1, 0.15) is 0 Å². The maximum Gasteiger partial charge on any atom is 0.250 e. The molecule has 1 aromatic rings. The Labute approximate surface area is 112 Å². The number of primary amides is 1. The molecule has 1 saturated carbocycles. The minimum Gasteiger partial charge on any atom is -0.366 e. The van der Waals surface area contributed by atoms with E-state index in [0.717, 1.165) is 19.3 Å². The molecule has 5 N–H and O–H groups in total. The Morgan fingerprint density at radius 1 is 1.21 bits per heavy atom. The van der Waals surface area contributed by atoms with Gasteiger partial charge in [-0.1, -0.05) is 18.6 Å². The molecule has 2 unspecified atom stereocenters. The molecule has 5 nitrogen and oxygen atoms in total. The smallest absolute Gasteiger partial charge is 0.250 e. The van der Waals surface area contributed by atoms with Crippen LogP contribution in [0.4, 0.5) is 5.69 Å². The second kappa shape index (κ2) is 5.84. The summed E-state index contributed by atoms with van der Waals surface area (Å²) in [6, 6.07) is 6.85. The van der Waals surface area contributed by atoms with Gasteiger partial charge in [-0.3, -0.25) is 9.59 Å². The van der Waals surface area contributed by atoms with Crippen LogP contribution in [-0.4, -0.2) is 17.9 Å². The van der Waals surface area contributed by atoms with Gasteiger partial charge in [0.25, 0.3) is 5.91 Å². The lowest BCUT2D eigenvalue weighted by Gasteiger charge is -2.25. The first-order chi connectivity index (χ1) is 9.08. The summed E-state index contributed by atoms with van der Waals surface area (Å²) in [5, 5.41) is 2.79. The third-order valence-corrected chi connectivity index (χ3v) is 3.54. The van der Waals surface area contributed by atoms with Gasteiger partial charge in [-0.25, -0.2) is 0 Å². The van der Waals surface area contributed by atoms with Crippen LogP contribution < -0.4 is 16.8 Å². The van der Waals surface area contributed by atoms with Crippen LogP contribution in [0.5, 0.6) is 0 Å². The van der Waals surface area contributed by atoms with Crippen molar-refractivity contribution in [2.75, 3.05) is 5.32 Å². The van der Waals surface area contributed by atoms with Crippen molar-refractivity contribution in [2.45, 2.75) is 31.7 Å². The van der Waals surface area contributed by atoms with Crippen molar-refractivity contribution in [1.29, 1.82) is 0 Å². The number of amides is 2.